The number of carbonyl (C=O) groups is 2. The minimum atomic E-state index is -0.938. The zero-order valence-electron chi connectivity index (χ0n) is 10.5. The minimum absolute atomic E-state index is 0.0406. The van der Waals surface area contributed by atoms with Gasteiger partial charge in [-0.05, 0) is 12.0 Å². The second kappa shape index (κ2) is 5.84. The number of hydrogen-bond acceptors (Lipinski definition) is 3. The molecule has 1 aromatic carbocycles. The van der Waals surface area contributed by atoms with Gasteiger partial charge in [-0.25, -0.2) is 0 Å². The van der Waals surface area contributed by atoms with Gasteiger partial charge in [0.2, 0.25) is 5.91 Å². The van der Waals surface area contributed by atoms with E-state index in [9.17, 15) is 9.59 Å². The van der Waals surface area contributed by atoms with E-state index < -0.39 is 11.9 Å². The highest BCUT2D eigenvalue weighted by Gasteiger charge is 2.38. The molecule has 2 rings (SSSR count). The van der Waals surface area contributed by atoms with Gasteiger partial charge < -0.3 is 15.1 Å². The van der Waals surface area contributed by atoms with Crippen molar-refractivity contribution in [2.24, 2.45) is 5.92 Å². The smallest absolute Gasteiger partial charge is 0.308 e. The van der Waals surface area contributed by atoms with Gasteiger partial charge in [-0.15, -0.1) is 0 Å². The van der Waals surface area contributed by atoms with Crippen LogP contribution >= 0.6 is 0 Å². The number of aliphatic hydroxyl groups excluding tert-OH is 1. The van der Waals surface area contributed by atoms with Gasteiger partial charge in [0, 0.05) is 19.6 Å². The number of rotatable bonds is 5. The zero-order chi connectivity index (χ0) is 13.8. The molecule has 2 N–H and O–H groups in total. The molecule has 0 spiro atoms. The van der Waals surface area contributed by atoms with Crippen molar-refractivity contribution in [1.29, 1.82) is 0 Å². The molecular formula is C14H17NO4. The van der Waals surface area contributed by atoms with Crippen molar-refractivity contribution in [2.75, 3.05) is 13.2 Å². The molecule has 0 saturated carbocycles. The molecule has 0 radical (unpaired) electrons. The number of likely N-dealkylation sites (tertiary alicyclic amines) is 1. The normalized spacial score (nSPS) is 20.6. The Morgan fingerprint density at radius 3 is 2.58 bits per heavy atom. The Bertz CT molecular complexity index is 460. The number of carbonyl (C=O) groups excluding carboxylic acids is 1. The van der Waals surface area contributed by atoms with Crippen LogP contribution in [0.1, 0.15) is 24.4 Å². The van der Waals surface area contributed by atoms with Gasteiger partial charge in [0.05, 0.1) is 12.0 Å². The summed E-state index contributed by atoms with van der Waals surface area (Å²) < 4.78 is 0. The molecule has 1 aromatic rings. The van der Waals surface area contributed by atoms with Crippen LogP contribution in [0.15, 0.2) is 30.3 Å². The van der Waals surface area contributed by atoms with E-state index in [1.165, 1.54) is 0 Å². The lowest BCUT2D eigenvalue weighted by atomic mass is 10.0. The summed E-state index contributed by atoms with van der Waals surface area (Å²) in [6, 6.07) is 9.15. The van der Waals surface area contributed by atoms with Gasteiger partial charge in [-0.2, -0.15) is 0 Å². The van der Waals surface area contributed by atoms with Crippen LogP contribution in [-0.2, 0) is 9.59 Å². The van der Waals surface area contributed by atoms with E-state index in [2.05, 4.69) is 0 Å². The second-order valence-electron chi connectivity index (χ2n) is 4.72. The minimum Gasteiger partial charge on any atom is -0.481 e. The van der Waals surface area contributed by atoms with E-state index in [0.717, 1.165) is 5.56 Å². The van der Waals surface area contributed by atoms with Gasteiger partial charge in [0.25, 0.3) is 0 Å². The highest BCUT2D eigenvalue weighted by atomic mass is 16.4. The maximum absolute atomic E-state index is 12.0. The number of aliphatic hydroxyl groups is 1. The molecule has 102 valence electrons. The van der Waals surface area contributed by atoms with Gasteiger partial charge in [-0.1, -0.05) is 30.3 Å². The monoisotopic (exact) mass is 263 g/mol. The zero-order valence-corrected chi connectivity index (χ0v) is 10.5. The first-order chi connectivity index (χ1) is 9.13. The number of carboxylic acid groups (broad SMARTS) is 1. The summed E-state index contributed by atoms with van der Waals surface area (Å²) in [6.07, 6.45) is 0.464. The molecule has 1 fully saturated rings. The van der Waals surface area contributed by atoms with Crippen LogP contribution in [0.2, 0.25) is 0 Å². The van der Waals surface area contributed by atoms with Crippen molar-refractivity contribution < 1.29 is 19.8 Å². The SMILES string of the molecule is O=C(O)C1CC(=O)N(C(CCO)c2ccccc2)C1. The predicted octanol–water partition coefficient (Wildman–Crippen LogP) is 1.04. The van der Waals surface area contributed by atoms with E-state index in [1.807, 2.05) is 30.3 Å². The predicted molar refractivity (Wildman–Crippen MR) is 68.3 cm³/mol. The molecule has 0 aliphatic carbocycles. The average Bonchev–Trinajstić information content (AvgIpc) is 2.79. The van der Waals surface area contributed by atoms with Gasteiger partial charge in [0.1, 0.15) is 0 Å². The van der Waals surface area contributed by atoms with Crippen molar-refractivity contribution in [3.05, 3.63) is 35.9 Å². The van der Waals surface area contributed by atoms with E-state index >= 15 is 0 Å². The van der Waals surface area contributed by atoms with Crippen LogP contribution in [0.25, 0.3) is 0 Å². The maximum atomic E-state index is 12.0. The van der Waals surface area contributed by atoms with Crippen LogP contribution in [0.5, 0.6) is 0 Å². The molecule has 0 aromatic heterocycles. The van der Waals surface area contributed by atoms with E-state index in [1.54, 1.807) is 4.90 Å². The molecule has 1 saturated heterocycles. The molecule has 2 unspecified atom stereocenters. The lowest BCUT2D eigenvalue weighted by Gasteiger charge is -2.28. The fourth-order valence-electron chi connectivity index (χ4n) is 2.50. The number of carboxylic acids is 1. The van der Waals surface area contributed by atoms with E-state index in [0.29, 0.717) is 6.42 Å². The van der Waals surface area contributed by atoms with E-state index in [4.69, 9.17) is 10.2 Å². The second-order valence-corrected chi connectivity index (χ2v) is 4.72. The Balaban J connectivity index is 2.21. The summed E-state index contributed by atoms with van der Waals surface area (Å²) in [5.41, 5.74) is 0.927. The molecule has 1 heterocycles. The summed E-state index contributed by atoms with van der Waals surface area (Å²) in [4.78, 5) is 24.5. The average molecular weight is 263 g/mol. The van der Waals surface area contributed by atoms with Crippen LogP contribution in [-0.4, -0.2) is 40.1 Å². The van der Waals surface area contributed by atoms with Gasteiger partial charge in [0.15, 0.2) is 0 Å². The highest BCUT2D eigenvalue weighted by Crippen LogP contribution is 2.30. The lowest BCUT2D eigenvalue weighted by molar-refractivity contribution is -0.141. The summed E-state index contributed by atoms with van der Waals surface area (Å²) in [6.45, 7) is 0.175. The van der Waals surface area contributed by atoms with Crippen LogP contribution < -0.4 is 0 Å². The molecule has 2 atom stereocenters. The van der Waals surface area contributed by atoms with E-state index in [-0.39, 0.29) is 31.5 Å². The van der Waals surface area contributed by atoms with Gasteiger partial charge >= 0.3 is 5.97 Å². The quantitative estimate of drug-likeness (QED) is 0.832. The Morgan fingerprint density at radius 1 is 1.37 bits per heavy atom. The van der Waals surface area contributed by atoms with Crippen LogP contribution in [0, 0.1) is 5.92 Å². The number of aliphatic carboxylic acids is 1. The first kappa shape index (κ1) is 13.5. The highest BCUT2D eigenvalue weighted by molar-refractivity contribution is 5.86. The largest absolute Gasteiger partial charge is 0.481 e. The maximum Gasteiger partial charge on any atom is 0.308 e. The number of hydrogen-bond donors (Lipinski definition) is 2. The lowest BCUT2D eigenvalue weighted by Crippen LogP contribution is -2.31. The third kappa shape index (κ3) is 2.93. The molecule has 5 heteroatoms. The molecular weight excluding hydrogens is 246 g/mol. The molecule has 1 amide bonds. The molecule has 1 aliphatic rings. The summed E-state index contributed by atoms with van der Waals surface area (Å²) in [5.74, 6) is -1.74. The molecule has 5 nitrogen and oxygen atoms in total. The first-order valence-corrected chi connectivity index (χ1v) is 6.31. The molecule has 19 heavy (non-hydrogen) atoms. The van der Waals surface area contributed by atoms with Crippen molar-refractivity contribution in [2.45, 2.75) is 18.9 Å². The Hall–Kier alpha value is -1.88. The standard InChI is InChI=1S/C14H17NO4/c16-7-6-12(10-4-2-1-3-5-10)15-9-11(14(18)19)8-13(15)17/h1-5,11-12,16H,6-9H2,(H,18,19). The van der Waals surface area contributed by atoms with Crippen molar-refractivity contribution in [3.8, 4) is 0 Å². The fourth-order valence-corrected chi connectivity index (χ4v) is 2.50. The topological polar surface area (TPSA) is 77.8 Å². The van der Waals surface area contributed by atoms with Crippen LogP contribution in [0.4, 0.5) is 0 Å². The van der Waals surface area contributed by atoms with Gasteiger partial charge in [-0.3, -0.25) is 9.59 Å². The number of benzene rings is 1. The van der Waals surface area contributed by atoms with Crippen molar-refractivity contribution in [1.82, 2.24) is 4.90 Å². The molecule has 1 aliphatic heterocycles. The molecule has 0 bridgehead atoms. The third-order valence-corrected chi connectivity index (χ3v) is 3.47. The van der Waals surface area contributed by atoms with Crippen molar-refractivity contribution in [3.63, 3.8) is 0 Å². The summed E-state index contributed by atoms with van der Waals surface area (Å²) >= 11 is 0. The Labute approximate surface area is 111 Å². The Morgan fingerprint density at radius 2 is 2.05 bits per heavy atom. The summed E-state index contributed by atoms with van der Waals surface area (Å²) in [7, 11) is 0. The fraction of sp³-hybridized carbons (Fsp3) is 0.429. The van der Waals surface area contributed by atoms with Crippen molar-refractivity contribution >= 4 is 11.9 Å². The third-order valence-electron chi connectivity index (χ3n) is 3.47. The number of nitrogens with zero attached hydrogens (tertiary/aromatic N) is 1. The summed E-state index contributed by atoms with van der Waals surface area (Å²) in [5, 5.41) is 18.2. The Kier molecular flexibility index (Phi) is 4.16. The first-order valence-electron chi connectivity index (χ1n) is 6.31. The number of amides is 1. The van der Waals surface area contributed by atoms with Crippen LogP contribution in [0.3, 0.4) is 0 Å².